The van der Waals surface area contributed by atoms with Crippen molar-refractivity contribution in [3.63, 3.8) is 0 Å². The lowest BCUT2D eigenvalue weighted by Crippen LogP contribution is -2.63. The molecule has 0 spiro atoms. The zero-order valence-electron chi connectivity index (χ0n) is 56.1. The van der Waals surface area contributed by atoms with Crippen molar-refractivity contribution in [3.8, 4) is 0 Å². The molecule has 0 radical (unpaired) electrons. The number of carbonyl (C=O) groups is 10. The fourth-order valence-electron chi connectivity index (χ4n) is 10.7. The highest BCUT2D eigenvalue weighted by atomic mass is 32.1. The van der Waals surface area contributed by atoms with Gasteiger partial charge >= 0.3 is 0 Å². The molecule has 0 aromatic carbocycles. The molecule has 0 aromatic heterocycles. The minimum atomic E-state index is -1.57. The van der Waals surface area contributed by atoms with Crippen LogP contribution in [0.2, 0.25) is 0 Å². The van der Waals surface area contributed by atoms with E-state index in [1.807, 2.05) is 68.4 Å². The highest BCUT2D eigenvalue weighted by Gasteiger charge is 2.45. The third-order valence-electron chi connectivity index (χ3n) is 16.1. The van der Waals surface area contributed by atoms with E-state index in [4.69, 9.17) is 12.2 Å². The predicted molar refractivity (Wildman–Crippen MR) is 336 cm³/mol. The van der Waals surface area contributed by atoms with E-state index in [9.17, 15) is 43.5 Å². The molecule has 5 N–H and O–H groups in total. The van der Waals surface area contributed by atoms with Crippen molar-refractivity contribution in [1.29, 1.82) is 0 Å². The van der Waals surface area contributed by atoms with E-state index in [1.54, 1.807) is 59.6 Å². The number of hydrogen-bond donors (Lipinski definition) is 5. The second kappa shape index (κ2) is 35.2. The van der Waals surface area contributed by atoms with Gasteiger partial charge in [-0.05, 0) is 101 Å². The van der Waals surface area contributed by atoms with Gasteiger partial charge in [0, 0.05) is 49.3 Å². The number of carbonyl (C=O) groups excluding carboxylic acids is 10. The summed E-state index contributed by atoms with van der Waals surface area (Å²) in [5, 5.41) is 23.3. The maximum atomic E-state index is 15.2. The molecule has 1 aliphatic heterocycles. The Morgan fingerprint density at radius 3 is 1.34 bits per heavy atom. The summed E-state index contributed by atoms with van der Waals surface area (Å²) < 4.78 is 0. The van der Waals surface area contributed by atoms with Gasteiger partial charge < -0.3 is 60.7 Å². The number of aliphatic hydroxyl groups excluding tert-OH is 1. The monoisotopic (exact) mass is 1220 g/mol. The molecular formula is C62H111N11O11S. The van der Waals surface area contributed by atoms with Gasteiger partial charge in [0.05, 0.1) is 17.6 Å². The standard InChI is InChI=1S/C62H111N11O11S/c1-25-27-28-40(15)52(74)51-56(78)65-43(26-2)58(80)67(18)33-48(85)68(19)44(29-34(3)4)55(77)66-49(38(11)12)61(83)69(20)45(30-35(5)6)54(76)63-41(16)53(75)64-42(17)57(79)70(21)46(31-36(7)8)59(81)71(22)47(32-37(9)10)60(82)72(23)50(39(13)14)62(84)73(51)24/h25,27,34-47,49-52,74H,26,28-33H2,1-24H3,(H,63,76)(H,64,75)(H,65,78)(H,66,77)/b27-25+/t40-,41+,42-,43+,44+,45+,46+,47+,49+,50+,51+,52-/m1/s1. The second-order valence-corrected chi connectivity index (χ2v) is 26.6. The summed E-state index contributed by atoms with van der Waals surface area (Å²) in [5.41, 5.74) is 0. The minimum absolute atomic E-state index is 0.0438. The molecule has 23 heteroatoms. The topological polar surface area (TPSA) is 262 Å². The fourth-order valence-corrected chi connectivity index (χ4v) is 11.0. The van der Waals surface area contributed by atoms with Crippen LogP contribution in [-0.2, 0) is 47.9 Å². The molecule has 1 heterocycles. The summed E-state index contributed by atoms with van der Waals surface area (Å²) in [5.74, 6) is -8.35. The highest BCUT2D eigenvalue weighted by Crippen LogP contribution is 2.26. The summed E-state index contributed by atoms with van der Waals surface area (Å²) in [6.45, 7) is 30.1. The number of likely N-dealkylation sites (N-methyl/N-ethyl adjacent to an activating group) is 7. The van der Waals surface area contributed by atoms with E-state index >= 15 is 9.59 Å². The lowest BCUT2D eigenvalue weighted by molar-refractivity contribution is -0.157. The molecule has 1 aliphatic rings. The zero-order chi connectivity index (χ0) is 66.0. The van der Waals surface area contributed by atoms with Crippen LogP contribution >= 0.6 is 12.2 Å². The van der Waals surface area contributed by atoms with Crippen LogP contribution in [0.1, 0.15) is 156 Å². The molecule has 1 rings (SSSR count). The van der Waals surface area contributed by atoms with Crippen molar-refractivity contribution in [3.05, 3.63) is 12.2 Å². The van der Waals surface area contributed by atoms with Crippen molar-refractivity contribution >= 4 is 76.3 Å². The van der Waals surface area contributed by atoms with E-state index < -0.39 is 143 Å². The number of nitrogens with one attached hydrogen (secondary N) is 4. The quantitative estimate of drug-likeness (QED) is 0.115. The van der Waals surface area contributed by atoms with Crippen LogP contribution in [0.3, 0.4) is 0 Å². The first kappa shape index (κ1) is 77.3. The minimum Gasteiger partial charge on any atom is -0.390 e. The highest BCUT2D eigenvalue weighted by molar-refractivity contribution is 7.80. The van der Waals surface area contributed by atoms with Crippen LogP contribution in [0.5, 0.6) is 0 Å². The van der Waals surface area contributed by atoms with Gasteiger partial charge in [0.15, 0.2) is 0 Å². The van der Waals surface area contributed by atoms with Gasteiger partial charge in [-0.1, -0.05) is 121 Å². The van der Waals surface area contributed by atoms with Gasteiger partial charge in [-0.25, -0.2) is 0 Å². The molecule has 85 heavy (non-hydrogen) atoms. The van der Waals surface area contributed by atoms with Crippen molar-refractivity contribution in [2.45, 2.75) is 223 Å². The Morgan fingerprint density at radius 2 is 0.894 bits per heavy atom. The van der Waals surface area contributed by atoms with E-state index in [0.717, 1.165) is 4.90 Å². The van der Waals surface area contributed by atoms with Gasteiger partial charge in [0.2, 0.25) is 59.1 Å². The molecular weight excluding hydrogens is 1110 g/mol. The summed E-state index contributed by atoms with van der Waals surface area (Å²) in [7, 11) is 10.4. The van der Waals surface area contributed by atoms with Crippen LogP contribution < -0.4 is 21.3 Å². The maximum absolute atomic E-state index is 15.2. The van der Waals surface area contributed by atoms with E-state index in [2.05, 4.69) is 21.3 Å². The Morgan fingerprint density at radius 1 is 0.482 bits per heavy atom. The number of thiocarbonyl (C=S) groups is 1. The normalized spacial score (nSPS) is 26.9. The smallest absolute Gasteiger partial charge is 0.246 e. The summed E-state index contributed by atoms with van der Waals surface area (Å²) in [6.07, 6.45) is 3.39. The summed E-state index contributed by atoms with van der Waals surface area (Å²) >= 11 is 5.93. The number of amides is 10. The van der Waals surface area contributed by atoms with Gasteiger partial charge in [-0.15, -0.1) is 0 Å². The lowest BCUT2D eigenvalue weighted by Gasteiger charge is -2.41. The zero-order valence-corrected chi connectivity index (χ0v) is 56.9. The third-order valence-corrected chi connectivity index (χ3v) is 16.5. The van der Waals surface area contributed by atoms with Crippen LogP contribution in [0, 0.1) is 41.4 Å². The van der Waals surface area contributed by atoms with E-state index in [0.29, 0.717) is 6.42 Å². The van der Waals surface area contributed by atoms with Crippen LogP contribution in [0.15, 0.2) is 12.2 Å². The van der Waals surface area contributed by atoms with Crippen molar-refractivity contribution in [2.24, 2.45) is 41.4 Å². The fraction of sp³-hybridized carbons (Fsp3) is 0.790. The predicted octanol–water partition coefficient (Wildman–Crippen LogP) is 4.07. The number of hydrogen-bond acceptors (Lipinski definition) is 12. The Labute approximate surface area is 515 Å². The number of rotatable bonds is 15. The SMILES string of the molecule is C/C=C/C[C@@H](C)[C@@H](O)[C@H]1C(=O)N[C@@H](CC)C(=O)N(C)CC(=S)N(C)[C@@H](CC(C)C)C(=O)N[C@@H](C(C)C)C(=O)N(C)[C@@H](CC(C)C)C(=O)N[C@@H](C)C(=O)N[C@H](C)C(=O)N(C)[C@@H](CC(C)C)C(=O)N(C)[C@@H](CC(C)C)C(=O)N(C)[C@@H](C(C)C)C(=O)N1C. The van der Waals surface area contributed by atoms with Crippen molar-refractivity contribution < 1.29 is 53.1 Å². The molecule has 0 aromatic rings. The molecule has 0 unspecified atom stereocenters. The van der Waals surface area contributed by atoms with E-state index in [1.165, 1.54) is 80.6 Å². The average molecular weight is 1220 g/mol. The Bertz CT molecular complexity index is 2330. The van der Waals surface area contributed by atoms with Crippen LogP contribution in [-0.4, -0.2) is 226 Å². The first-order valence-electron chi connectivity index (χ1n) is 30.6. The largest absolute Gasteiger partial charge is 0.390 e. The first-order chi connectivity index (χ1) is 39.2. The molecule has 1 fully saturated rings. The molecule has 0 saturated carbocycles. The molecule has 12 atom stereocenters. The molecule has 22 nitrogen and oxygen atoms in total. The molecule has 486 valence electrons. The number of allylic oxidation sites excluding steroid dienone is 2. The van der Waals surface area contributed by atoms with Crippen LogP contribution in [0.4, 0.5) is 0 Å². The first-order valence-corrected chi connectivity index (χ1v) is 31.0. The van der Waals surface area contributed by atoms with Crippen LogP contribution in [0.25, 0.3) is 0 Å². The van der Waals surface area contributed by atoms with Gasteiger partial charge in [-0.3, -0.25) is 47.9 Å². The van der Waals surface area contributed by atoms with Crippen molar-refractivity contribution in [1.82, 2.24) is 55.6 Å². The Kier molecular flexibility index (Phi) is 32.0. The Balaban J connectivity index is 4.32. The van der Waals surface area contributed by atoms with E-state index in [-0.39, 0.29) is 67.3 Å². The summed E-state index contributed by atoms with van der Waals surface area (Å²) in [4.78, 5) is 156. The average Bonchev–Trinajstić information content (AvgIpc) is 3.62. The van der Waals surface area contributed by atoms with Gasteiger partial charge in [-0.2, -0.15) is 0 Å². The molecule has 0 aliphatic carbocycles. The molecule has 10 amide bonds. The summed E-state index contributed by atoms with van der Waals surface area (Å²) in [6, 6.07) is -11.8. The molecule has 0 bridgehead atoms. The third kappa shape index (κ3) is 21.9. The number of nitrogens with zero attached hydrogens (tertiary/aromatic N) is 7. The van der Waals surface area contributed by atoms with Gasteiger partial charge in [0.1, 0.15) is 60.4 Å². The molecule has 1 saturated heterocycles. The van der Waals surface area contributed by atoms with Gasteiger partial charge in [0.25, 0.3) is 0 Å². The Hall–Kier alpha value is -5.71. The van der Waals surface area contributed by atoms with Crippen molar-refractivity contribution in [2.75, 3.05) is 55.9 Å². The second-order valence-electron chi connectivity index (χ2n) is 26.1. The number of aliphatic hydroxyl groups is 1. The maximum Gasteiger partial charge on any atom is 0.246 e. The lowest BCUT2D eigenvalue weighted by atomic mass is 9.91.